The molecule has 3 heterocycles. The molecule has 12 nitrogen and oxygen atoms in total. The molecular formula is C26H28N8O4. The Morgan fingerprint density at radius 2 is 1.92 bits per heavy atom. The number of para-hydroxylation sites is 1. The largest absolute Gasteiger partial charge is 0.494 e. The summed E-state index contributed by atoms with van der Waals surface area (Å²) in [7, 11) is 1.46. The predicted molar refractivity (Wildman–Crippen MR) is 140 cm³/mol. The summed E-state index contributed by atoms with van der Waals surface area (Å²) in [6, 6.07) is 6.54. The van der Waals surface area contributed by atoms with E-state index in [9.17, 15) is 14.4 Å². The minimum absolute atomic E-state index is 0.0297. The van der Waals surface area contributed by atoms with Crippen LogP contribution >= 0.6 is 0 Å². The van der Waals surface area contributed by atoms with Gasteiger partial charge >= 0.3 is 0 Å². The number of hydrogen-bond acceptors (Lipinski definition) is 9. The molecule has 0 unspecified atom stereocenters. The summed E-state index contributed by atoms with van der Waals surface area (Å²) in [5.74, 6) is -0.559. The Bertz CT molecular complexity index is 1500. The van der Waals surface area contributed by atoms with E-state index in [1.807, 2.05) is 12.2 Å². The molecule has 1 aliphatic heterocycles. The van der Waals surface area contributed by atoms with Crippen LogP contribution in [-0.2, 0) is 9.59 Å². The second kappa shape index (κ2) is 10.4. The third kappa shape index (κ3) is 4.97. The number of hydrogen-bond donors (Lipinski definition) is 3. The van der Waals surface area contributed by atoms with E-state index in [2.05, 4.69) is 30.8 Å². The highest BCUT2D eigenvalue weighted by Gasteiger charge is 2.31. The summed E-state index contributed by atoms with van der Waals surface area (Å²) in [6.07, 6.45) is 5.49. The number of nitrogens with one attached hydrogen (secondary N) is 3. The normalized spacial score (nSPS) is 18.3. The molecule has 12 heteroatoms. The maximum atomic E-state index is 12.8. The van der Waals surface area contributed by atoms with Gasteiger partial charge in [0, 0.05) is 35.5 Å². The third-order valence-electron chi connectivity index (χ3n) is 6.47. The van der Waals surface area contributed by atoms with Crippen molar-refractivity contribution in [3.8, 4) is 17.1 Å². The van der Waals surface area contributed by atoms with Gasteiger partial charge in [-0.15, -0.1) is 10.2 Å². The summed E-state index contributed by atoms with van der Waals surface area (Å²) >= 11 is 0. The fraction of sp³-hybridized carbons (Fsp3) is 0.346. The van der Waals surface area contributed by atoms with Crippen LogP contribution in [0.15, 0.2) is 36.7 Å². The van der Waals surface area contributed by atoms with E-state index < -0.39 is 12.9 Å². The fourth-order valence-electron chi connectivity index (χ4n) is 4.20. The molecule has 1 saturated carbocycles. The Labute approximate surface area is 223 Å². The lowest BCUT2D eigenvalue weighted by Gasteiger charge is -2.17. The van der Waals surface area contributed by atoms with Crippen LogP contribution in [0.25, 0.3) is 11.4 Å². The molecule has 2 aliphatic rings. The first-order chi connectivity index (χ1) is 19.5. The smallest absolute Gasteiger partial charge is 0.273 e. The van der Waals surface area contributed by atoms with E-state index >= 15 is 0 Å². The molecule has 3 aromatic rings. The minimum Gasteiger partial charge on any atom is -0.494 e. The minimum atomic E-state index is -2.76. The topological polar surface area (TPSA) is 151 Å². The van der Waals surface area contributed by atoms with E-state index in [1.165, 1.54) is 13.2 Å². The molecule has 196 valence electrons. The molecular weight excluding hydrogens is 488 g/mol. The lowest BCUT2D eigenvalue weighted by atomic mass is 10.1. The van der Waals surface area contributed by atoms with Gasteiger partial charge in [-0.05, 0) is 31.4 Å². The number of carbonyl (C=O) groups is 3. The predicted octanol–water partition coefficient (Wildman–Crippen LogP) is 2.77. The van der Waals surface area contributed by atoms with Crippen LogP contribution in [0.4, 0.5) is 22.9 Å². The molecule has 1 saturated heterocycles. The van der Waals surface area contributed by atoms with Crippen LogP contribution in [0.1, 0.15) is 40.8 Å². The highest BCUT2D eigenvalue weighted by atomic mass is 16.5. The molecule has 1 atom stereocenters. The molecule has 3 amide bonds. The lowest BCUT2D eigenvalue weighted by Crippen LogP contribution is -2.26. The van der Waals surface area contributed by atoms with Gasteiger partial charge in [-0.3, -0.25) is 14.4 Å². The van der Waals surface area contributed by atoms with Crippen LogP contribution < -0.4 is 25.6 Å². The number of nitrogens with zero attached hydrogens (tertiary/aromatic N) is 5. The zero-order valence-corrected chi connectivity index (χ0v) is 20.8. The number of methoxy groups -OCH3 is 1. The van der Waals surface area contributed by atoms with Gasteiger partial charge in [0.25, 0.3) is 5.91 Å². The highest BCUT2D eigenvalue weighted by molar-refractivity contribution is 6.00. The third-order valence-corrected chi connectivity index (χ3v) is 6.47. The van der Waals surface area contributed by atoms with Crippen LogP contribution in [-0.4, -0.2) is 58.5 Å². The number of ether oxygens (including phenoxy) is 1. The van der Waals surface area contributed by atoms with E-state index in [0.29, 0.717) is 35.1 Å². The molecule has 38 heavy (non-hydrogen) atoms. The number of anilines is 4. The van der Waals surface area contributed by atoms with Crippen molar-refractivity contribution in [3.05, 3.63) is 42.4 Å². The molecule has 5 rings (SSSR count). The Morgan fingerprint density at radius 3 is 2.58 bits per heavy atom. The monoisotopic (exact) mass is 519 g/mol. The lowest BCUT2D eigenvalue weighted by molar-refractivity contribution is -0.120. The molecule has 1 aromatic carbocycles. The van der Waals surface area contributed by atoms with Gasteiger partial charge in [0.05, 0.1) is 42.1 Å². The van der Waals surface area contributed by atoms with Gasteiger partial charge in [0.15, 0.2) is 23.1 Å². The molecule has 0 bridgehead atoms. The van der Waals surface area contributed by atoms with Crippen LogP contribution in [0, 0.1) is 11.8 Å². The maximum Gasteiger partial charge on any atom is 0.273 e. The van der Waals surface area contributed by atoms with Crippen molar-refractivity contribution in [2.45, 2.75) is 26.2 Å². The van der Waals surface area contributed by atoms with Crippen molar-refractivity contribution < 1.29 is 23.2 Å². The first kappa shape index (κ1) is 21.5. The molecule has 3 N–H and O–H groups in total. The number of amides is 3. The molecule has 0 spiro atoms. The number of aromatic nitrogens is 4. The quantitative estimate of drug-likeness (QED) is 0.408. The Hall–Kier alpha value is -4.61. The summed E-state index contributed by atoms with van der Waals surface area (Å²) in [5, 5.41) is 15.4. The fourth-order valence-corrected chi connectivity index (χ4v) is 4.20. The van der Waals surface area contributed by atoms with Crippen molar-refractivity contribution >= 4 is 40.6 Å². The first-order valence-corrected chi connectivity index (χ1v) is 12.1. The van der Waals surface area contributed by atoms with Gasteiger partial charge in [0.1, 0.15) is 0 Å². The second-order valence-electron chi connectivity index (χ2n) is 9.17. The molecule has 1 aliphatic carbocycles. The number of carbonyl (C=O) groups excluding carboxylic acids is 3. The van der Waals surface area contributed by atoms with Crippen LogP contribution in [0.3, 0.4) is 0 Å². The van der Waals surface area contributed by atoms with Gasteiger partial charge in [-0.2, -0.15) is 0 Å². The molecule has 0 radical (unpaired) electrons. The van der Waals surface area contributed by atoms with Gasteiger partial charge in [-0.25, -0.2) is 9.97 Å². The Morgan fingerprint density at radius 1 is 1.13 bits per heavy atom. The van der Waals surface area contributed by atoms with Crippen LogP contribution in [0.2, 0.25) is 0 Å². The van der Waals surface area contributed by atoms with Gasteiger partial charge in [-0.1, -0.05) is 13.0 Å². The average Bonchev–Trinajstić information content (AvgIpc) is 3.73. The van der Waals surface area contributed by atoms with Crippen molar-refractivity contribution in [1.82, 2.24) is 25.5 Å². The van der Waals surface area contributed by atoms with Gasteiger partial charge in [0.2, 0.25) is 11.8 Å². The summed E-state index contributed by atoms with van der Waals surface area (Å²) in [5.41, 5.74) is 1.29. The maximum absolute atomic E-state index is 12.8. The molecule has 2 aromatic heterocycles. The second-order valence-corrected chi connectivity index (χ2v) is 9.17. The van der Waals surface area contributed by atoms with Crippen LogP contribution in [0.5, 0.6) is 5.75 Å². The van der Waals surface area contributed by atoms with Crippen molar-refractivity contribution in [3.63, 3.8) is 0 Å². The summed E-state index contributed by atoms with van der Waals surface area (Å²) in [4.78, 5) is 48.0. The number of benzene rings is 1. The Kier molecular flexibility index (Phi) is 5.88. The first-order valence-electron chi connectivity index (χ1n) is 13.6. The zero-order chi connectivity index (χ0) is 29.3. The standard InChI is InChI=1S/C26H28N8O4/c1-14-9-10-34(26(14)37)16-12-28-23(29-13-16)17-5-4-6-18(22(17)38-3)30-19-11-20(31-24(35)15-7-8-15)32-33-21(19)25(36)27-2/h4-6,11-15H,7-10H2,1-3H3,(H,27,36)(H2,30,31,32,35)/t14-/m0/s1/i2D3. The van der Waals surface area contributed by atoms with E-state index in [4.69, 9.17) is 8.85 Å². The summed E-state index contributed by atoms with van der Waals surface area (Å²) in [6.45, 7) is -0.263. The molecule has 2 fully saturated rings. The van der Waals surface area contributed by atoms with E-state index in [-0.39, 0.29) is 40.8 Å². The van der Waals surface area contributed by atoms with E-state index in [0.717, 1.165) is 19.3 Å². The SMILES string of the molecule is [2H]C([2H])([2H])NC(=O)c1nnc(NC(=O)C2CC2)cc1Nc1cccc(-c2ncc(N3CC[C@H](C)C3=O)cn2)c1OC. The number of rotatable bonds is 8. The van der Waals surface area contributed by atoms with Crippen molar-refractivity contribution in [1.29, 1.82) is 0 Å². The van der Waals surface area contributed by atoms with E-state index in [1.54, 1.807) is 35.5 Å². The van der Waals surface area contributed by atoms with Crippen molar-refractivity contribution in [2.75, 3.05) is 36.2 Å². The highest BCUT2D eigenvalue weighted by Crippen LogP contribution is 2.38. The van der Waals surface area contributed by atoms with Gasteiger partial charge < -0.3 is 25.6 Å². The van der Waals surface area contributed by atoms with Crippen molar-refractivity contribution in [2.24, 2.45) is 11.8 Å². The summed E-state index contributed by atoms with van der Waals surface area (Å²) < 4.78 is 27.8. The average molecular weight is 520 g/mol. The Balaban J connectivity index is 1.47. The zero-order valence-electron chi connectivity index (χ0n) is 23.8.